The number of hydrogen-bond donors (Lipinski definition) is 0. The van der Waals surface area contributed by atoms with E-state index in [0.29, 0.717) is 5.69 Å². The molecule has 0 atom stereocenters. The first kappa shape index (κ1) is 13.6. The van der Waals surface area contributed by atoms with Gasteiger partial charge in [0.15, 0.2) is 0 Å². The zero-order valence-electron chi connectivity index (χ0n) is 10.8. The molecule has 2 aromatic carbocycles. The molecule has 0 radical (unpaired) electrons. The molecule has 19 heavy (non-hydrogen) atoms. The van der Waals surface area contributed by atoms with Gasteiger partial charge >= 0.3 is 0 Å². The van der Waals surface area contributed by atoms with Gasteiger partial charge < -0.3 is 0 Å². The smallest absolute Gasteiger partial charge is 0.211 e. The van der Waals surface area contributed by atoms with E-state index in [4.69, 9.17) is 0 Å². The lowest BCUT2D eigenvalue weighted by Crippen LogP contribution is -1.84. The highest BCUT2D eigenvalue weighted by Crippen LogP contribution is 2.35. The van der Waals surface area contributed by atoms with E-state index in [1.54, 1.807) is 17.8 Å². The summed E-state index contributed by atoms with van der Waals surface area (Å²) in [5.74, 6) is 0. The van der Waals surface area contributed by atoms with E-state index in [2.05, 4.69) is 18.0 Å². The third-order valence-electron chi connectivity index (χ3n) is 2.70. The summed E-state index contributed by atoms with van der Waals surface area (Å²) in [6, 6.07) is 16.1. The van der Waals surface area contributed by atoms with E-state index >= 15 is 0 Å². The van der Waals surface area contributed by atoms with Crippen LogP contribution in [0.25, 0.3) is 0 Å². The minimum Gasteiger partial charge on any atom is -0.211 e. The van der Waals surface area contributed by atoms with Crippen LogP contribution in [0.2, 0.25) is 0 Å². The van der Waals surface area contributed by atoms with E-state index in [0.717, 1.165) is 22.6 Å². The molecule has 0 aliphatic carbocycles. The molecule has 2 nitrogen and oxygen atoms in total. The normalized spacial score (nSPS) is 9.95. The van der Waals surface area contributed by atoms with Crippen LogP contribution in [0, 0.1) is 0 Å². The molecular formula is C16H15NOS. The fourth-order valence-electron chi connectivity index (χ4n) is 1.84. The van der Waals surface area contributed by atoms with Crippen molar-refractivity contribution in [2.75, 3.05) is 0 Å². The Labute approximate surface area is 117 Å². The molecule has 0 aliphatic rings. The second-order valence-corrected chi connectivity index (χ2v) is 5.29. The number of nitrogens with zero attached hydrogens (tertiary/aromatic N) is 1. The van der Waals surface area contributed by atoms with Crippen LogP contribution in [-0.2, 0) is 11.2 Å². The summed E-state index contributed by atoms with van der Waals surface area (Å²) < 4.78 is 0. The monoisotopic (exact) mass is 269 g/mol. The molecule has 0 aromatic heterocycles. The second kappa shape index (κ2) is 6.93. The topological polar surface area (TPSA) is 29.4 Å². The Bertz CT molecular complexity index is 589. The SMILES string of the molecule is CCCc1ccc(N=C=O)c(Sc2ccccc2)c1. The molecule has 0 bridgehead atoms. The lowest BCUT2D eigenvalue weighted by atomic mass is 10.1. The number of aliphatic imine (C=N–C) groups is 1. The molecule has 0 unspecified atom stereocenters. The fraction of sp³-hybridized carbons (Fsp3) is 0.188. The predicted molar refractivity (Wildman–Crippen MR) is 78.8 cm³/mol. The number of carbonyl (C=O) groups excluding carboxylic acids is 1. The Morgan fingerprint density at radius 3 is 2.63 bits per heavy atom. The number of rotatable bonds is 5. The zero-order chi connectivity index (χ0) is 13.5. The summed E-state index contributed by atoms with van der Waals surface area (Å²) in [4.78, 5) is 16.4. The minimum absolute atomic E-state index is 0.684. The summed E-state index contributed by atoms with van der Waals surface area (Å²) >= 11 is 1.62. The Balaban J connectivity index is 2.34. The van der Waals surface area contributed by atoms with Crippen LogP contribution in [0.15, 0.2) is 63.3 Å². The van der Waals surface area contributed by atoms with Gasteiger partial charge in [-0.2, -0.15) is 4.99 Å². The van der Waals surface area contributed by atoms with Crippen molar-refractivity contribution in [2.45, 2.75) is 29.6 Å². The average molecular weight is 269 g/mol. The summed E-state index contributed by atoms with van der Waals surface area (Å²) in [5, 5.41) is 0. The van der Waals surface area contributed by atoms with Gasteiger partial charge in [-0.1, -0.05) is 49.4 Å². The zero-order valence-corrected chi connectivity index (χ0v) is 11.6. The van der Waals surface area contributed by atoms with Crippen molar-refractivity contribution in [1.29, 1.82) is 0 Å². The van der Waals surface area contributed by atoms with Crippen molar-refractivity contribution < 1.29 is 4.79 Å². The van der Waals surface area contributed by atoms with Crippen LogP contribution < -0.4 is 0 Å². The average Bonchev–Trinajstić information content (AvgIpc) is 2.43. The molecule has 0 saturated heterocycles. The van der Waals surface area contributed by atoms with Gasteiger partial charge in [0.25, 0.3) is 0 Å². The molecule has 0 saturated carbocycles. The molecule has 0 heterocycles. The van der Waals surface area contributed by atoms with Gasteiger partial charge in [0.1, 0.15) is 0 Å². The highest BCUT2D eigenvalue weighted by Gasteiger charge is 2.05. The predicted octanol–water partition coefficient (Wildman–Crippen LogP) is 4.76. The largest absolute Gasteiger partial charge is 0.240 e. The molecule has 0 N–H and O–H groups in total. The summed E-state index contributed by atoms with van der Waals surface area (Å²) in [7, 11) is 0. The first-order valence-electron chi connectivity index (χ1n) is 6.27. The Hall–Kier alpha value is -1.83. The number of isocyanates is 1. The molecule has 96 valence electrons. The van der Waals surface area contributed by atoms with Gasteiger partial charge in [-0.3, -0.25) is 0 Å². The van der Waals surface area contributed by atoms with Crippen molar-refractivity contribution in [2.24, 2.45) is 4.99 Å². The first-order chi connectivity index (χ1) is 9.33. The highest BCUT2D eigenvalue weighted by molar-refractivity contribution is 7.99. The van der Waals surface area contributed by atoms with Crippen LogP contribution in [0.1, 0.15) is 18.9 Å². The molecule has 2 rings (SSSR count). The Kier molecular flexibility index (Phi) is 4.96. The summed E-state index contributed by atoms with van der Waals surface area (Å²) in [6.45, 7) is 2.15. The van der Waals surface area contributed by atoms with Gasteiger partial charge in [0, 0.05) is 9.79 Å². The summed E-state index contributed by atoms with van der Waals surface area (Å²) in [5.41, 5.74) is 1.95. The Morgan fingerprint density at radius 2 is 1.95 bits per heavy atom. The number of benzene rings is 2. The maximum atomic E-state index is 10.5. The third kappa shape index (κ3) is 3.82. The van der Waals surface area contributed by atoms with Crippen LogP contribution in [0.3, 0.4) is 0 Å². The lowest BCUT2D eigenvalue weighted by Gasteiger charge is -2.07. The molecule has 0 spiro atoms. The number of aryl methyl sites for hydroxylation is 1. The van der Waals surface area contributed by atoms with Crippen molar-refractivity contribution in [3.63, 3.8) is 0 Å². The maximum absolute atomic E-state index is 10.5. The standard InChI is InChI=1S/C16H15NOS/c1-2-6-13-9-10-15(17-12-18)16(11-13)19-14-7-4-3-5-8-14/h3-5,7-11H,2,6H2,1H3. The van der Waals surface area contributed by atoms with Crippen LogP contribution in [0.4, 0.5) is 5.69 Å². The van der Waals surface area contributed by atoms with Gasteiger partial charge in [0.2, 0.25) is 6.08 Å². The van der Waals surface area contributed by atoms with E-state index in [1.807, 2.05) is 42.5 Å². The van der Waals surface area contributed by atoms with Crippen LogP contribution in [-0.4, -0.2) is 6.08 Å². The lowest BCUT2D eigenvalue weighted by molar-refractivity contribution is 0.565. The van der Waals surface area contributed by atoms with E-state index in [1.165, 1.54) is 5.56 Å². The second-order valence-electron chi connectivity index (χ2n) is 4.17. The highest BCUT2D eigenvalue weighted by atomic mass is 32.2. The first-order valence-corrected chi connectivity index (χ1v) is 7.09. The quantitative estimate of drug-likeness (QED) is 0.578. The van der Waals surface area contributed by atoms with E-state index in [9.17, 15) is 4.79 Å². The maximum Gasteiger partial charge on any atom is 0.240 e. The molecule has 0 amide bonds. The molecular weight excluding hydrogens is 254 g/mol. The van der Waals surface area contributed by atoms with Gasteiger partial charge in [-0.15, -0.1) is 0 Å². The van der Waals surface area contributed by atoms with E-state index in [-0.39, 0.29) is 0 Å². The van der Waals surface area contributed by atoms with Crippen molar-refractivity contribution in [1.82, 2.24) is 0 Å². The van der Waals surface area contributed by atoms with Crippen LogP contribution in [0.5, 0.6) is 0 Å². The van der Waals surface area contributed by atoms with Gasteiger partial charge in [-0.05, 0) is 36.2 Å². The van der Waals surface area contributed by atoms with E-state index < -0.39 is 0 Å². The fourth-order valence-corrected chi connectivity index (χ4v) is 2.82. The minimum atomic E-state index is 0.684. The molecule has 0 aliphatic heterocycles. The van der Waals surface area contributed by atoms with Crippen LogP contribution >= 0.6 is 11.8 Å². The number of hydrogen-bond acceptors (Lipinski definition) is 3. The van der Waals surface area contributed by atoms with Gasteiger partial charge in [-0.25, -0.2) is 4.79 Å². The molecule has 3 heteroatoms. The summed E-state index contributed by atoms with van der Waals surface area (Å²) in [6.07, 6.45) is 3.76. The van der Waals surface area contributed by atoms with Crippen molar-refractivity contribution in [3.8, 4) is 0 Å². The molecule has 0 fully saturated rings. The Morgan fingerprint density at radius 1 is 1.16 bits per heavy atom. The third-order valence-corrected chi connectivity index (χ3v) is 3.75. The van der Waals surface area contributed by atoms with Crippen molar-refractivity contribution >= 4 is 23.5 Å². The van der Waals surface area contributed by atoms with Gasteiger partial charge in [0.05, 0.1) is 5.69 Å². The van der Waals surface area contributed by atoms with Crippen molar-refractivity contribution in [3.05, 3.63) is 54.1 Å². The molecule has 2 aromatic rings.